The third-order valence-electron chi connectivity index (χ3n) is 3.69. The molecular weight excluding hydrogens is 280 g/mol. The molecule has 1 unspecified atom stereocenters. The van der Waals surface area contributed by atoms with E-state index in [2.05, 4.69) is 41.4 Å². The Labute approximate surface area is 130 Å². The Morgan fingerprint density at radius 1 is 1.48 bits per heavy atom. The van der Waals surface area contributed by atoms with E-state index in [-0.39, 0.29) is 5.84 Å². The van der Waals surface area contributed by atoms with Gasteiger partial charge in [0.2, 0.25) is 0 Å². The highest BCUT2D eigenvalue weighted by Crippen LogP contribution is 2.26. The number of aryl methyl sites for hydroxylation is 2. The molecule has 0 aromatic carbocycles. The van der Waals surface area contributed by atoms with Crippen molar-refractivity contribution in [3.05, 3.63) is 45.4 Å². The van der Waals surface area contributed by atoms with E-state index in [1.165, 1.54) is 4.88 Å². The van der Waals surface area contributed by atoms with Gasteiger partial charge >= 0.3 is 0 Å². The molecule has 0 spiro atoms. The predicted octanol–water partition coefficient (Wildman–Crippen LogP) is 3.11. The summed E-state index contributed by atoms with van der Waals surface area (Å²) in [7, 11) is 2.05. The smallest absolute Gasteiger partial charge is 0.126 e. The van der Waals surface area contributed by atoms with Crippen LogP contribution in [0.3, 0.4) is 0 Å². The van der Waals surface area contributed by atoms with Crippen LogP contribution in [0.5, 0.6) is 0 Å². The molecule has 0 bridgehead atoms. The van der Waals surface area contributed by atoms with Gasteiger partial charge in [0.1, 0.15) is 5.84 Å². The van der Waals surface area contributed by atoms with Crippen LogP contribution < -0.4 is 10.6 Å². The third kappa shape index (κ3) is 3.42. The Morgan fingerprint density at radius 2 is 2.19 bits per heavy atom. The van der Waals surface area contributed by atoms with Crippen LogP contribution in [-0.2, 0) is 6.42 Å². The Hall–Kier alpha value is -1.88. The van der Waals surface area contributed by atoms with Gasteiger partial charge in [0.25, 0.3) is 0 Å². The molecule has 0 aliphatic heterocycles. The highest BCUT2D eigenvalue weighted by atomic mass is 32.1. The van der Waals surface area contributed by atoms with Crippen molar-refractivity contribution in [3.63, 3.8) is 0 Å². The monoisotopic (exact) mass is 302 g/mol. The topological polar surface area (TPSA) is 66.0 Å². The van der Waals surface area contributed by atoms with Gasteiger partial charge in [0.05, 0.1) is 16.9 Å². The first-order chi connectivity index (χ1) is 9.90. The number of aromatic nitrogens is 1. The fraction of sp³-hybridized carbons (Fsp3) is 0.375. The first kappa shape index (κ1) is 15.5. The summed E-state index contributed by atoms with van der Waals surface area (Å²) < 4.78 is 0. The van der Waals surface area contributed by atoms with Gasteiger partial charge in [-0.25, -0.2) is 0 Å². The van der Waals surface area contributed by atoms with Crippen LogP contribution in [0, 0.1) is 19.3 Å². The zero-order chi connectivity index (χ0) is 15.6. The average molecular weight is 302 g/mol. The Kier molecular flexibility index (Phi) is 4.63. The van der Waals surface area contributed by atoms with E-state index in [4.69, 9.17) is 11.1 Å². The fourth-order valence-corrected chi connectivity index (χ4v) is 3.34. The van der Waals surface area contributed by atoms with Crippen LogP contribution in [0.25, 0.3) is 0 Å². The van der Waals surface area contributed by atoms with Crippen LogP contribution in [0.1, 0.15) is 28.8 Å². The number of hydrogen-bond donors (Lipinski definition) is 2. The average Bonchev–Trinajstić information content (AvgIpc) is 2.89. The number of nitrogens with zero attached hydrogens (tertiary/aromatic N) is 2. The fourth-order valence-electron chi connectivity index (χ4n) is 2.51. The Morgan fingerprint density at radius 3 is 2.76 bits per heavy atom. The lowest BCUT2D eigenvalue weighted by Gasteiger charge is -2.29. The lowest BCUT2D eigenvalue weighted by atomic mass is 10.1. The highest BCUT2D eigenvalue weighted by molar-refractivity contribution is 7.09. The molecule has 0 aliphatic rings. The van der Waals surface area contributed by atoms with Gasteiger partial charge < -0.3 is 10.6 Å². The number of thiophene rings is 1. The summed E-state index contributed by atoms with van der Waals surface area (Å²) in [5, 5.41) is 9.93. The second kappa shape index (κ2) is 6.26. The van der Waals surface area contributed by atoms with E-state index < -0.39 is 0 Å². The zero-order valence-corrected chi connectivity index (χ0v) is 13.8. The number of hydrogen-bond acceptors (Lipinski definition) is 4. The molecular formula is C16H22N4S. The SMILES string of the molecule is Cc1cc(N(C)C(C)Cc2cccs2)c(C(=N)N)c(C)n1. The molecule has 4 nitrogen and oxygen atoms in total. The molecule has 2 aromatic rings. The first-order valence-corrected chi connectivity index (χ1v) is 7.86. The van der Waals surface area contributed by atoms with Crippen LogP contribution >= 0.6 is 11.3 Å². The van der Waals surface area contributed by atoms with Gasteiger partial charge in [-0.2, -0.15) is 0 Å². The summed E-state index contributed by atoms with van der Waals surface area (Å²) in [5.41, 5.74) is 9.24. The molecule has 0 saturated carbocycles. The van der Waals surface area contributed by atoms with Crippen molar-refractivity contribution in [3.8, 4) is 0 Å². The molecule has 0 aliphatic carbocycles. The van der Waals surface area contributed by atoms with Gasteiger partial charge in [-0.1, -0.05) is 6.07 Å². The van der Waals surface area contributed by atoms with Crippen LogP contribution in [0.4, 0.5) is 5.69 Å². The maximum absolute atomic E-state index is 7.83. The number of nitrogens with one attached hydrogen (secondary N) is 1. The number of amidine groups is 1. The molecule has 0 fully saturated rings. The number of pyridine rings is 1. The van der Waals surface area contributed by atoms with Crippen molar-refractivity contribution in [2.24, 2.45) is 5.73 Å². The number of likely N-dealkylation sites (N-methyl/N-ethyl adjacent to an activating group) is 1. The minimum absolute atomic E-state index is 0.0742. The minimum Gasteiger partial charge on any atom is -0.384 e. The highest BCUT2D eigenvalue weighted by Gasteiger charge is 2.18. The van der Waals surface area contributed by atoms with Crippen molar-refractivity contribution in [1.82, 2.24) is 4.98 Å². The molecule has 21 heavy (non-hydrogen) atoms. The van der Waals surface area contributed by atoms with E-state index in [1.807, 2.05) is 19.9 Å². The second-order valence-electron chi connectivity index (χ2n) is 5.40. The van der Waals surface area contributed by atoms with Gasteiger partial charge in [0.15, 0.2) is 0 Å². The maximum Gasteiger partial charge on any atom is 0.126 e. The van der Waals surface area contributed by atoms with Crippen LogP contribution in [0.2, 0.25) is 0 Å². The predicted molar refractivity (Wildman–Crippen MR) is 90.6 cm³/mol. The lowest BCUT2D eigenvalue weighted by Crippen LogP contribution is -2.33. The van der Waals surface area contributed by atoms with Gasteiger partial charge in [-0.05, 0) is 38.3 Å². The normalized spacial score (nSPS) is 12.2. The zero-order valence-electron chi connectivity index (χ0n) is 13.0. The van der Waals surface area contributed by atoms with Crippen molar-refractivity contribution in [2.75, 3.05) is 11.9 Å². The van der Waals surface area contributed by atoms with Gasteiger partial charge in [0, 0.05) is 30.1 Å². The molecule has 0 saturated heterocycles. The number of nitrogen functional groups attached to an aromatic ring is 1. The van der Waals surface area contributed by atoms with E-state index in [0.717, 1.165) is 29.1 Å². The summed E-state index contributed by atoms with van der Waals surface area (Å²) in [5.74, 6) is 0.0742. The van der Waals surface area contributed by atoms with Crippen molar-refractivity contribution in [1.29, 1.82) is 5.41 Å². The Bertz CT molecular complexity index is 634. The van der Waals surface area contributed by atoms with E-state index in [1.54, 1.807) is 11.3 Å². The number of rotatable bonds is 5. The van der Waals surface area contributed by atoms with E-state index in [0.29, 0.717) is 6.04 Å². The number of nitrogens with two attached hydrogens (primary N) is 1. The molecule has 2 aromatic heterocycles. The van der Waals surface area contributed by atoms with Gasteiger partial charge in [-0.15, -0.1) is 11.3 Å². The summed E-state index contributed by atoms with van der Waals surface area (Å²) >= 11 is 1.77. The number of anilines is 1. The van der Waals surface area contributed by atoms with E-state index in [9.17, 15) is 0 Å². The summed E-state index contributed by atoms with van der Waals surface area (Å²) in [6.45, 7) is 6.07. The summed E-state index contributed by atoms with van der Waals surface area (Å²) in [6.07, 6.45) is 0.978. The lowest BCUT2D eigenvalue weighted by molar-refractivity contribution is 0.686. The molecule has 2 heterocycles. The molecule has 5 heteroatoms. The summed E-state index contributed by atoms with van der Waals surface area (Å²) in [6, 6.07) is 6.57. The largest absolute Gasteiger partial charge is 0.384 e. The van der Waals surface area contributed by atoms with Gasteiger partial charge in [-0.3, -0.25) is 10.4 Å². The van der Waals surface area contributed by atoms with Crippen molar-refractivity contribution in [2.45, 2.75) is 33.2 Å². The van der Waals surface area contributed by atoms with Crippen molar-refractivity contribution < 1.29 is 0 Å². The third-order valence-corrected chi connectivity index (χ3v) is 4.59. The van der Waals surface area contributed by atoms with Crippen LogP contribution in [-0.4, -0.2) is 23.9 Å². The minimum atomic E-state index is 0.0742. The first-order valence-electron chi connectivity index (χ1n) is 6.98. The molecule has 0 radical (unpaired) electrons. The molecule has 0 amide bonds. The van der Waals surface area contributed by atoms with E-state index >= 15 is 0 Å². The maximum atomic E-state index is 7.83. The quantitative estimate of drug-likeness (QED) is 0.659. The standard InChI is InChI=1S/C16H22N4S/c1-10-8-14(15(16(17)18)12(3)19-10)20(4)11(2)9-13-6-5-7-21-13/h5-8,11H,9H2,1-4H3,(H3,17,18). The Balaban J connectivity index is 2.33. The summed E-state index contributed by atoms with van der Waals surface area (Å²) in [4.78, 5) is 7.98. The molecule has 2 rings (SSSR count). The van der Waals surface area contributed by atoms with Crippen molar-refractivity contribution >= 4 is 22.9 Å². The van der Waals surface area contributed by atoms with Crippen LogP contribution in [0.15, 0.2) is 23.6 Å². The molecule has 112 valence electrons. The second-order valence-corrected chi connectivity index (χ2v) is 6.43. The molecule has 1 atom stereocenters. The molecule has 3 N–H and O–H groups in total.